The molecule has 12 heavy (non-hydrogen) atoms. The Kier molecular flexibility index (Phi) is 5.77. The van der Waals surface area contributed by atoms with Crippen LogP contribution in [0.2, 0.25) is 0 Å². The Morgan fingerprint density at radius 3 is 2.42 bits per heavy atom. The summed E-state index contributed by atoms with van der Waals surface area (Å²) in [5.41, 5.74) is 2.17. The van der Waals surface area contributed by atoms with Crippen molar-refractivity contribution in [2.45, 2.75) is 20.8 Å². The summed E-state index contributed by atoms with van der Waals surface area (Å²) < 4.78 is 9.51. The molecule has 70 valence electrons. The molecule has 0 radical (unpaired) electrons. The second kappa shape index (κ2) is 6.45. The van der Waals surface area contributed by atoms with Gasteiger partial charge in [0.1, 0.15) is 0 Å². The number of rotatable bonds is 3. The van der Waals surface area contributed by atoms with Crippen LogP contribution in [0.1, 0.15) is 20.8 Å². The molecule has 0 atom stereocenters. The summed E-state index contributed by atoms with van der Waals surface area (Å²) in [6.45, 7) is 6.06. The van der Waals surface area contributed by atoms with Crippen molar-refractivity contribution in [1.29, 1.82) is 0 Å². The van der Waals surface area contributed by atoms with Crippen LogP contribution in [0.3, 0.4) is 0 Å². The molecule has 0 spiro atoms. The highest BCUT2D eigenvalue weighted by atomic mass is 16.6. The van der Waals surface area contributed by atoms with Gasteiger partial charge in [0.25, 0.3) is 0 Å². The first-order valence-corrected chi connectivity index (χ1v) is 3.80. The van der Waals surface area contributed by atoms with E-state index in [-0.39, 0.29) is 0 Å². The summed E-state index contributed by atoms with van der Waals surface area (Å²) >= 11 is 0. The molecule has 0 aliphatic rings. The maximum absolute atomic E-state index is 10.7. The second-order valence-corrected chi connectivity index (χ2v) is 1.90. The smallest absolute Gasteiger partial charge is 0.427 e. The number of carbonyl (C=O) groups excluding carboxylic acids is 1. The van der Waals surface area contributed by atoms with E-state index in [2.05, 4.69) is 15.3 Å². The Hall–Kier alpha value is -1.26. The summed E-state index contributed by atoms with van der Waals surface area (Å²) in [5.74, 6) is 0.408. The van der Waals surface area contributed by atoms with Crippen molar-refractivity contribution >= 4 is 12.0 Å². The maximum Gasteiger partial charge on any atom is 0.427 e. The molecular weight excluding hydrogens is 160 g/mol. The van der Waals surface area contributed by atoms with E-state index in [4.69, 9.17) is 4.74 Å². The SMILES string of the molecule is CCOC(=O)NN=C(C)OCC. The average molecular weight is 174 g/mol. The van der Waals surface area contributed by atoms with Gasteiger partial charge in [-0.05, 0) is 13.8 Å². The van der Waals surface area contributed by atoms with Crippen molar-refractivity contribution in [3.8, 4) is 0 Å². The van der Waals surface area contributed by atoms with Gasteiger partial charge in [0, 0.05) is 6.92 Å². The van der Waals surface area contributed by atoms with Crippen LogP contribution >= 0.6 is 0 Å². The van der Waals surface area contributed by atoms with E-state index in [0.29, 0.717) is 19.1 Å². The fourth-order valence-electron chi connectivity index (χ4n) is 0.529. The lowest BCUT2D eigenvalue weighted by Crippen LogP contribution is -2.20. The van der Waals surface area contributed by atoms with E-state index >= 15 is 0 Å². The molecule has 0 heterocycles. The van der Waals surface area contributed by atoms with E-state index in [1.165, 1.54) is 0 Å². The van der Waals surface area contributed by atoms with Crippen molar-refractivity contribution < 1.29 is 14.3 Å². The molecule has 0 aliphatic heterocycles. The lowest BCUT2D eigenvalue weighted by Gasteiger charge is -2.02. The molecule has 1 N–H and O–H groups in total. The second-order valence-electron chi connectivity index (χ2n) is 1.90. The third-order valence-electron chi connectivity index (χ3n) is 0.933. The Bertz CT molecular complexity index is 168. The van der Waals surface area contributed by atoms with E-state index in [9.17, 15) is 4.79 Å². The number of nitrogens with zero attached hydrogens (tertiary/aromatic N) is 1. The highest BCUT2D eigenvalue weighted by Gasteiger charge is 1.97. The van der Waals surface area contributed by atoms with Gasteiger partial charge in [-0.2, -0.15) is 0 Å². The molecule has 0 aromatic rings. The van der Waals surface area contributed by atoms with Crippen molar-refractivity contribution in [3.63, 3.8) is 0 Å². The molecule has 1 amide bonds. The number of hydrazone groups is 1. The van der Waals surface area contributed by atoms with E-state index in [1.807, 2.05) is 6.92 Å². The van der Waals surface area contributed by atoms with Gasteiger partial charge in [-0.1, -0.05) is 0 Å². The molecule has 0 bridgehead atoms. The van der Waals surface area contributed by atoms with Crippen molar-refractivity contribution in [3.05, 3.63) is 0 Å². The lowest BCUT2D eigenvalue weighted by molar-refractivity contribution is 0.152. The van der Waals surface area contributed by atoms with Crippen LogP contribution in [0, 0.1) is 0 Å². The molecule has 0 rings (SSSR count). The van der Waals surface area contributed by atoms with Crippen LogP contribution in [-0.2, 0) is 9.47 Å². The van der Waals surface area contributed by atoms with Crippen LogP contribution in [0.5, 0.6) is 0 Å². The Labute approximate surface area is 71.7 Å². The molecule has 0 unspecified atom stereocenters. The van der Waals surface area contributed by atoms with Crippen molar-refractivity contribution in [2.75, 3.05) is 13.2 Å². The predicted molar refractivity (Wildman–Crippen MR) is 44.9 cm³/mol. The minimum Gasteiger partial charge on any atom is -0.480 e. The lowest BCUT2D eigenvalue weighted by atomic mass is 10.7. The third-order valence-corrected chi connectivity index (χ3v) is 0.933. The predicted octanol–water partition coefficient (Wildman–Crippen LogP) is 1.10. The number of nitrogens with one attached hydrogen (secondary N) is 1. The molecule has 0 aromatic heterocycles. The van der Waals surface area contributed by atoms with Gasteiger partial charge < -0.3 is 9.47 Å². The zero-order valence-electron chi connectivity index (χ0n) is 7.59. The van der Waals surface area contributed by atoms with Gasteiger partial charge >= 0.3 is 6.09 Å². The summed E-state index contributed by atoms with van der Waals surface area (Å²) in [6, 6.07) is 0. The van der Waals surface area contributed by atoms with Crippen LogP contribution in [0.15, 0.2) is 5.10 Å². The van der Waals surface area contributed by atoms with Gasteiger partial charge in [0.15, 0.2) is 0 Å². The van der Waals surface area contributed by atoms with Gasteiger partial charge in [-0.3, -0.25) is 0 Å². The maximum atomic E-state index is 10.7. The average Bonchev–Trinajstić information content (AvgIpc) is 2.02. The van der Waals surface area contributed by atoms with E-state index in [1.54, 1.807) is 13.8 Å². The summed E-state index contributed by atoms with van der Waals surface area (Å²) in [7, 11) is 0. The minimum absolute atomic E-state index is 0.328. The van der Waals surface area contributed by atoms with Gasteiger partial charge in [0.05, 0.1) is 13.2 Å². The number of carbonyl (C=O) groups is 1. The molecule has 5 nitrogen and oxygen atoms in total. The molecule has 0 fully saturated rings. The Morgan fingerprint density at radius 2 is 1.92 bits per heavy atom. The molecule has 0 saturated heterocycles. The summed E-state index contributed by atoms with van der Waals surface area (Å²) in [4.78, 5) is 10.7. The first-order valence-electron chi connectivity index (χ1n) is 3.80. The van der Waals surface area contributed by atoms with Crippen molar-refractivity contribution in [1.82, 2.24) is 5.43 Å². The first kappa shape index (κ1) is 10.7. The molecule has 5 heteroatoms. The van der Waals surface area contributed by atoms with Crippen LogP contribution in [-0.4, -0.2) is 25.2 Å². The van der Waals surface area contributed by atoms with Gasteiger partial charge in [0.2, 0.25) is 5.90 Å². The zero-order chi connectivity index (χ0) is 9.40. The summed E-state index contributed by atoms with van der Waals surface area (Å²) in [5, 5.41) is 3.60. The Balaban J connectivity index is 3.63. The van der Waals surface area contributed by atoms with Crippen LogP contribution < -0.4 is 5.43 Å². The quantitative estimate of drug-likeness (QED) is 0.396. The Morgan fingerprint density at radius 1 is 1.33 bits per heavy atom. The fraction of sp³-hybridized carbons (Fsp3) is 0.714. The monoisotopic (exact) mass is 174 g/mol. The van der Waals surface area contributed by atoms with Crippen molar-refractivity contribution in [2.24, 2.45) is 5.10 Å². The highest BCUT2D eigenvalue weighted by molar-refractivity contribution is 5.75. The number of hydrogen-bond acceptors (Lipinski definition) is 4. The number of ether oxygens (including phenoxy) is 2. The van der Waals surface area contributed by atoms with E-state index in [0.717, 1.165) is 0 Å². The minimum atomic E-state index is -0.573. The van der Waals surface area contributed by atoms with Gasteiger partial charge in [-0.25, -0.2) is 10.2 Å². The molecule has 0 saturated carbocycles. The standard InChI is InChI=1S/C7H14N2O3/c1-4-11-6(3)8-9-7(10)12-5-2/h4-5H2,1-3H3,(H,9,10). The normalized spacial score (nSPS) is 10.8. The molecular formula is C7H14N2O3. The molecule has 0 aromatic carbocycles. The van der Waals surface area contributed by atoms with Gasteiger partial charge in [-0.15, -0.1) is 5.10 Å². The van der Waals surface area contributed by atoms with Crippen LogP contribution in [0.25, 0.3) is 0 Å². The fourth-order valence-corrected chi connectivity index (χ4v) is 0.529. The first-order chi connectivity index (χ1) is 5.70. The topological polar surface area (TPSA) is 59.9 Å². The third kappa shape index (κ3) is 5.52. The van der Waals surface area contributed by atoms with Crippen LogP contribution in [0.4, 0.5) is 4.79 Å². The number of amides is 1. The summed E-state index contributed by atoms with van der Waals surface area (Å²) in [6.07, 6.45) is -0.573. The van der Waals surface area contributed by atoms with E-state index < -0.39 is 6.09 Å². The zero-order valence-corrected chi connectivity index (χ0v) is 7.59. The number of hydrogen-bond donors (Lipinski definition) is 1. The highest BCUT2D eigenvalue weighted by Crippen LogP contribution is 1.80. The largest absolute Gasteiger partial charge is 0.480 e. The molecule has 0 aliphatic carbocycles.